The predicted molar refractivity (Wildman–Crippen MR) is 62.8 cm³/mol. The van der Waals surface area contributed by atoms with Crippen molar-refractivity contribution in [2.24, 2.45) is 0 Å². The highest BCUT2D eigenvalue weighted by Gasteiger charge is 2.28. The first-order valence-electron chi connectivity index (χ1n) is 5.88. The number of carbonyl (C=O) groups is 2. The average Bonchev–Trinajstić information content (AvgIpc) is 2.39. The lowest BCUT2D eigenvalue weighted by molar-refractivity contribution is -0.133. The zero-order valence-electron chi connectivity index (χ0n) is 10.0. The van der Waals surface area contributed by atoms with Gasteiger partial charge in [0.15, 0.2) is 0 Å². The minimum absolute atomic E-state index is 0.0187. The molecule has 1 N–H and O–H groups in total. The molecule has 0 saturated carbocycles. The largest absolute Gasteiger partial charge is 0.344 e. The van der Waals surface area contributed by atoms with Gasteiger partial charge in [0.05, 0.1) is 0 Å². The highest BCUT2D eigenvalue weighted by atomic mass is 16.2. The normalized spacial score (nSPS) is 22.4. The van der Waals surface area contributed by atoms with E-state index in [-0.39, 0.29) is 17.9 Å². The van der Waals surface area contributed by atoms with Crippen LogP contribution in [0.2, 0.25) is 0 Å². The van der Waals surface area contributed by atoms with Crippen molar-refractivity contribution in [1.29, 1.82) is 0 Å². The van der Waals surface area contributed by atoms with Gasteiger partial charge in [0.1, 0.15) is 6.04 Å². The number of allylic oxidation sites excluding steroid dienone is 1. The molecule has 0 aromatic rings. The number of hydrogen-bond acceptors (Lipinski definition) is 2. The fourth-order valence-electron chi connectivity index (χ4n) is 1.79. The molecule has 1 fully saturated rings. The maximum Gasteiger partial charge on any atom is 0.245 e. The van der Waals surface area contributed by atoms with Crippen LogP contribution < -0.4 is 5.32 Å². The maximum atomic E-state index is 12.1. The van der Waals surface area contributed by atoms with E-state index in [4.69, 9.17) is 0 Å². The van der Waals surface area contributed by atoms with Crippen molar-refractivity contribution in [3.05, 3.63) is 12.2 Å². The fraction of sp³-hybridized carbons (Fsp3) is 0.667. The summed E-state index contributed by atoms with van der Waals surface area (Å²) in [5.41, 5.74) is 0. The van der Waals surface area contributed by atoms with E-state index in [1.807, 2.05) is 26.0 Å². The molecule has 1 aliphatic heterocycles. The molecule has 2 amide bonds. The SMILES string of the molecule is C/C=C/CN1CCC(=O)NC(CCC)C1=O. The summed E-state index contributed by atoms with van der Waals surface area (Å²) >= 11 is 0. The first-order chi connectivity index (χ1) is 7.69. The Hall–Kier alpha value is -1.32. The van der Waals surface area contributed by atoms with Crippen LogP contribution in [0, 0.1) is 0 Å². The minimum atomic E-state index is -0.328. The third-order valence-electron chi connectivity index (χ3n) is 2.69. The monoisotopic (exact) mass is 224 g/mol. The average molecular weight is 224 g/mol. The second kappa shape index (κ2) is 6.30. The molecular weight excluding hydrogens is 204 g/mol. The van der Waals surface area contributed by atoms with Crippen LogP contribution >= 0.6 is 0 Å². The molecule has 16 heavy (non-hydrogen) atoms. The third-order valence-corrected chi connectivity index (χ3v) is 2.69. The predicted octanol–water partition coefficient (Wildman–Crippen LogP) is 1.08. The quantitative estimate of drug-likeness (QED) is 0.726. The number of nitrogens with zero attached hydrogens (tertiary/aromatic N) is 1. The van der Waals surface area contributed by atoms with Crippen LogP contribution in [0.15, 0.2) is 12.2 Å². The summed E-state index contributed by atoms with van der Waals surface area (Å²) in [7, 11) is 0. The Labute approximate surface area is 96.7 Å². The van der Waals surface area contributed by atoms with Crippen molar-refractivity contribution in [2.75, 3.05) is 13.1 Å². The van der Waals surface area contributed by atoms with Crippen LogP contribution in [0.25, 0.3) is 0 Å². The first kappa shape index (κ1) is 12.7. The lowest BCUT2D eigenvalue weighted by Crippen LogP contribution is -2.44. The van der Waals surface area contributed by atoms with E-state index in [0.29, 0.717) is 19.5 Å². The Bertz CT molecular complexity index is 287. The standard InChI is InChI=1S/C12H20N2O2/c1-3-5-8-14-9-7-11(15)13-10(6-4-2)12(14)16/h3,5,10H,4,6-9H2,1-2H3,(H,13,15)/b5-3+. The Morgan fingerprint density at radius 2 is 2.25 bits per heavy atom. The lowest BCUT2D eigenvalue weighted by atomic mass is 10.1. The van der Waals surface area contributed by atoms with E-state index in [9.17, 15) is 9.59 Å². The van der Waals surface area contributed by atoms with Crippen LogP contribution in [0.5, 0.6) is 0 Å². The third kappa shape index (κ3) is 3.36. The van der Waals surface area contributed by atoms with E-state index in [1.54, 1.807) is 4.90 Å². The molecule has 1 aliphatic rings. The number of nitrogens with one attached hydrogen (secondary N) is 1. The molecule has 0 bridgehead atoms. The van der Waals surface area contributed by atoms with Crippen molar-refractivity contribution in [3.8, 4) is 0 Å². The number of hydrogen-bond donors (Lipinski definition) is 1. The maximum absolute atomic E-state index is 12.1. The highest BCUT2D eigenvalue weighted by molar-refractivity contribution is 5.89. The van der Waals surface area contributed by atoms with Crippen molar-refractivity contribution in [3.63, 3.8) is 0 Å². The van der Waals surface area contributed by atoms with Crippen LogP contribution in [0.4, 0.5) is 0 Å². The van der Waals surface area contributed by atoms with Gasteiger partial charge in [0, 0.05) is 19.5 Å². The smallest absolute Gasteiger partial charge is 0.245 e. The van der Waals surface area contributed by atoms with Gasteiger partial charge < -0.3 is 10.2 Å². The zero-order valence-corrected chi connectivity index (χ0v) is 10.0. The first-order valence-corrected chi connectivity index (χ1v) is 5.88. The van der Waals surface area contributed by atoms with Gasteiger partial charge in [-0.1, -0.05) is 25.5 Å². The van der Waals surface area contributed by atoms with E-state index in [2.05, 4.69) is 5.32 Å². The minimum Gasteiger partial charge on any atom is -0.344 e. The summed E-state index contributed by atoms with van der Waals surface area (Å²) in [6, 6.07) is -0.328. The summed E-state index contributed by atoms with van der Waals surface area (Å²) in [6.07, 6.45) is 5.88. The van der Waals surface area contributed by atoms with Gasteiger partial charge >= 0.3 is 0 Å². The van der Waals surface area contributed by atoms with Gasteiger partial charge in [0.2, 0.25) is 11.8 Å². The van der Waals surface area contributed by atoms with E-state index >= 15 is 0 Å². The molecular formula is C12H20N2O2. The molecule has 0 aromatic carbocycles. The molecule has 0 spiro atoms. The molecule has 0 radical (unpaired) electrons. The molecule has 1 rings (SSSR count). The molecule has 90 valence electrons. The molecule has 1 atom stereocenters. The number of amides is 2. The van der Waals surface area contributed by atoms with Crippen molar-refractivity contribution in [1.82, 2.24) is 10.2 Å². The van der Waals surface area contributed by atoms with Crippen molar-refractivity contribution < 1.29 is 9.59 Å². The number of rotatable bonds is 4. The van der Waals surface area contributed by atoms with E-state index in [1.165, 1.54) is 0 Å². The Balaban J connectivity index is 2.70. The van der Waals surface area contributed by atoms with Gasteiger partial charge in [-0.2, -0.15) is 0 Å². The van der Waals surface area contributed by atoms with Gasteiger partial charge in [0.25, 0.3) is 0 Å². The fourth-order valence-corrected chi connectivity index (χ4v) is 1.79. The Morgan fingerprint density at radius 3 is 2.88 bits per heavy atom. The molecule has 1 saturated heterocycles. The van der Waals surface area contributed by atoms with E-state index < -0.39 is 0 Å². The van der Waals surface area contributed by atoms with Crippen LogP contribution in [0.1, 0.15) is 33.1 Å². The molecule has 1 unspecified atom stereocenters. The van der Waals surface area contributed by atoms with Gasteiger partial charge in [-0.3, -0.25) is 9.59 Å². The number of carbonyl (C=O) groups excluding carboxylic acids is 2. The van der Waals surface area contributed by atoms with Gasteiger partial charge in [-0.15, -0.1) is 0 Å². The van der Waals surface area contributed by atoms with Crippen molar-refractivity contribution in [2.45, 2.75) is 39.2 Å². The molecule has 0 aliphatic carbocycles. The van der Waals surface area contributed by atoms with Crippen LogP contribution in [0.3, 0.4) is 0 Å². The van der Waals surface area contributed by atoms with Crippen LogP contribution in [-0.4, -0.2) is 35.8 Å². The van der Waals surface area contributed by atoms with Crippen LogP contribution in [-0.2, 0) is 9.59 Å². The summed E-state index contributed by atoms with van der Waals surface area (Å²) in [6.45, 7) is 5.07. The topological polar surface area (TPSA) is 49.4 Å². The second-order valence-electron chi connectivity index (χ2n) is 4.01. The van der Waals surface area contributed by atoms with Gasteiger partial charge in [-0.25, -0.2) is 0 Å². The lowest BCUT2D eigenvalue weighted by Gasteiger charge is -2.22. The Morgan fingerprint density at radius 1 is 1.50 bits per heavy atom. The molecule has 4 heteroatoms. The highest BCUT2D eigenvalue weighted by Crippen LogP contribution is 2.08. The van der Waals surface area contributed by atoms with E-state index in [0.717, 1.165) is 12.8 Å². The molecule has 1 heterocycles. The molecule has 4 nitrogen and oxygen atoms in total. The molecule has 0 aromatic heterocycles. The summed E-state index contributed by atoms with van der Waals surface area (Å²) in [5, 5.41) is 2.78. The van der Waals surface area contributed by atoms with Crippen molar-refractivity contribution >= 4 is 11.8 Å². The summed E-state index contributed by atoms with van der Waals surface area (Å²) < 4.78 is 0. The second-order valence-corrected chi connectivity index (χ2v) is 4.01. The van der Waals surface area contributed by atoms with Gasteiger partial charge in [-0.05, 0) is 13.3 Å². The zero-order chi connectivity index (χ0) is 12.0. The Kier molecular flexibility index (Phi) is 5.02. The summed E-state index contributed by atoms with van der Waals surface area (Å²) in [4.78, 5) is 25.2. The summed E-state index contributed by atoms with van der Waals surface area (Å²) in [5.74, 6) is 0.0283.